The fourth-order valence-electron chi connectivity index (χ4n) is 2.10. The van der Waals surface area contributed by atoms with Crippen LogP contribution in [-0.4, -0.2) is 24.9 Å². The van der Waals surface area contributed by atoms with Crippen LogP contribution in [0.3, 0.4) is 0 Å². The molecule has 2 amide bonds. The molecule has 0 saturated heterocycles. The minimum absolute atomic E-state index is 0.00523. The zero-order valence-electron chi connectivity index (χ0n) is 12.8. The van der Waals surface area contributed by atoms with Crippen molar-refractivity contribution in [2.75, 3.05) is 18.0 Å². The number of carbonyl (C=O) groups excluding carboxylic acids is 2. The number of anilines is 1. The first-order valence-electron chi connectivity index (χ1n) is 7.11. The normalized spacial score (nSPS) is 10.4. The summed E-state index contributed by atoms with van der Waals surface area (Å²) < 4.78 is 0. The van der Waals surface area contributed by atoms with Gasteiger partial charge in [-0.25, -0.2) is 0 Å². The van der Waals surface area contributed by atoms with Crippen molar-refractivity contribution >= 4 is 17.5 Å². The van der Waals surface area contributed by atoms with Crippen LogP contribution in [0.15, 0.2) is 24.3 Å². The predicted octanol–water partition coefficient (Wildman–Crippen LogP) is 2.69. The molecule has 0 fully saturated rings. The molecule has 0 saturated carbocycles. The monoisotopic (exact) mass is 276 g/mol. The fourth-order valence-corrected chi connectivity index (χ4v) is 2.10. The summed E-state index contributed by atoms with van der Waals surface area (Å²) in [7, 11) is 0. The predicted molar refractivity (Wildman–Crippen MR) is 81.9 cm³/mol. The van der Waals surface area contributed by atoms with Crippen LogP contribution in [0.1, 0.15) is 45.6 Å². The van der Waals surface area contributed by atoms with Crippen molar-refractivity contribution in [1.29, 1.82) is 0 Å². The lowest BCUT2D eigenvalue weighted by atomic mass is 10.0. The number of para-hydroxylation sites is 1. The summed E-state index contributed by atoms with van der Waals surface area (Å²) in [4.78, 5) is 24.9. The van der Waals surface area contributed by atoms with Gasteiger partial charge in [-0.15, -0.1) is 0 Å². The molecule has 0 radical (unpaired) electrons. The van der Waals surface area contributed by atoms with Crippen LogP contribution >= 0.6 is 0 Å². The van der Waals surface area contributed by atoms with Crippen LogP contribution in [-0.2, 0) is 9.59 Å². The third-order valence-corrected chi connectivity index (χ3v) is 3.21. The average molecular weight is 276 g/mol. The third kappa shape index (κ3) is 4.37. The molecule has 0 atom stereocenters. The molecule has 1 N–H and O–H groups in total. The molecule has 0 heterocycles. The van der Waals surface area contributed by atoms with E-state index in [0.717, 1.165) is 11.3 Å². The number of nitrogens with one attached hydrogen (secondary N) is 1. The highest BCUT2D eigenvalue weighted by atomic mass is 16.2. The number of carbonyl (C=O) groups is 2. The minimum Gasteiger partial charge on any atom is -0.354 e. The zero-order chi connectivity index (χ0) is 15.1. The Hall–Kier alpha value is -1.84. The summed E-state index contributed by atoms with van der Waals surface area (Å²) in [6.07, 6.45) is 0.461. The summed E-state index contributed by atoms with van der Waals surface area (Å²) in [6.45, 7) is 8.54. The lowest BCUT2D eigenvalue weighted by Gasteiger charge is -2.25. The van der Waals surface area contributed by atoms with Crippen LogP contribution < -0.4 is 10.2 Å². The van der Waals surface area contributed by atoms with Crippen LogP contribution in [0.5, 0.6) is 0 Å². The first kappa shape index (κ1) is 16.2. The van der Waals surface area contributed by atoms with Gasteiger partial charge in [-0.2, -0.15) is 0 Å². The highest BCUT2D eigenvalue weighted by molar-refractivity contribution is 5.92. The Balaban J connectivity index is 2.86. The van der Waals surface area contributed by atoms with Crippen molar-refractivity contribution in [1.82, 2.24) is 5.32 Å². The first-order valence-corrected chi connectivity index (χ1v) is 7.11. The van der Waals surface area contributed by atoms with E-state index >= 15 is 0 Å². The third-order valence-electron chi connectivity index (χ3n) is 3.21. The molecule has 0 aliphatic carbocycles. The van der Waals surface area contributed by atoms with Gasteiger partial charge in [0.05, 0.1) is 0 Å². The van der Waals surface area contributed by atoms with Crippen LogP contribution in [0.4, 0.5) is 5.69 Å². The molecule has 4 nitrogen and oxygen atoms in total. The maximum absolute atomic E-state index is 11.9. The van der Waals surface area contributed by atoms with Crippen molar-refractivity contribution in [3.05, 3.63) is 29.8 Å². The van der Waals surface area contributed by atoms with Gasteiger partial charge in [0.25, 0.3) is 0 Å². The molecule has 0 bridgehead atoms. The highest BCUT2D eigenvalue weighted by Gasteiger charge is 2.16. The Morgan fingerprint density at radius 2 is 1.90 bits per heavy atom. The number of hydrogen-bond acceptors (Lipinski definition) is 2. The van der Waals surface area contributed by atoms with Crippen molar-refractivity contribution in [3.63, 3.8) is 0 Å². The van der Waals surface area contributed by atoms with Gasteiger partial charge in [0, 0.05) is 32.1 Å². The molecule has 0 unspecified atom stereocenters. The van der Waals surface area contributed by atoms with Crippen LogP contribution in [0.25, 0.3) is 0 Å². The van der Waals surface area contributed by atoms with E-state index in [1.54, 1.807) is 11.8 Å². The lowest BCUT2D eigenvalue weighted by Crippen LogP contribution is -2.37. The van der Waals surface area contributed by atoms with Gasteiger partial charge in [-0.1, -0.05) is 39.0 Å². The van der Waals surface area contributed by atoms with Crippen molar-refractivity contribution in [2.24, 2.45) is 0 Å². The van der Waals surface area contributed by atoms with E-state index in [0.29, 0.717) is 25.4 Å². The minimum atomic E-state index is -0.0103. The van der Waals surface area contributed by atoms with Gasteiger partial charge >= 0.3 is 0 Å². The van der Waals surface area contributed by atoms with Gasteiger partial charge < -0.3 is 10.2 Å². The molecular formula is C16H24N2O2. The van der Waals surface area contributed by atoms with E-state index < -0.39 is 0 Å². The number of hydrogen-bond donors (Lipinski definition) is 1. The molecule has 0 aliphatic rings. The smallest absolute Gasteiger partial charge is 0.223 e. The molecule has 1 rings (SSSR count). The van der Waals surface area contributed by atoms with Crippen LogP contribution in [0, 0.1) is 0 Å². The summed E-state index contributed by atoms with van der Waals surface area (Å²) in [5.41, 5.74) is 2.07. The van der Waals surface area contributed by atoms with Crippen molar-refractivity contribution in [3.8, 4) is 0 Å². The summed E-state index contributed by atoms with van der Waals surface area (Å²) in [5.74, 6) is 0.341. The lowest BCUT2D eigenvalue weighted by molar-refractivity contribution is -0.121. The maximum Gasteiger partial charge on any atom is 0.223 e. The summed E-state index contributed by atoms with van der Waals surface area (Å²) >= 11 is 0. The number of nitrogens with zero attached hydrogens (tertiary/aromatic N) is 1. The van der Waals surface area contributed by atoms with E-state index in [1.165, 1.54) is 0 Å². The van der Waals surface area contributed by atoms with Crippen LogP contribution in [0.2, 0.25) is 0 Å². The second-order valence-corrected chi connectivity index (χ2v) is 5.09. The van der Waals surface area contributed by atoms with E-state index in [4.69, 9.17) is 0 Å². The Bertz CT molecular complexity index is 469. The van der Waals surface area contributed by atoms with E-state index in [2.05, 4.69) is 19.2 Å². The van der Waals surface area contributed by atoms with Gasteiger partial charge in [0.2, 0.25) is 11.8 Å². The average Bonchev–Trinajstić information content (AvgIpc) is 2.42. The quantitative estimate of drug-likeness (QED) is 0.868. The molecule has 0 aliphatic heterocycles. The van der Waals surface area contributed by atoms with Gasteiger partial charge in [0.15, 0.2) is 0 Å². The number of rotatable bonds is 6. The number of benzene rings is 1. The summed E-state index contributed by atoms with van der Waals surface area (Å²) in [5, 5.41) is 2.80. The van der Waals surface area contributed by atoms with Gasteiger partial charge in [-0.3, -0.25) is 9.59 Å². The molecule has 0 spiro atoms. The molecule has 4 heteroatoms. The van der Waals surface area contributed by atoms with Crippen molar-refractivity contribution in [2.45, 2.75) is 40.0 Å². The topological polar surface area (TPSA) is 49.4 Å². The molecule has 1 aromatic carbocycles. The Morgan fingerprint density at radius 1 is 1.25 bits per heavy atom. The highest BCUT2D eigenvalue weighted by Crippen LogP contribution is 2.27. The second kappa shape index (κ2) is 7.68. The zero-order valence-corrected chi connectivity index (χ0v) is 12.8. The molecule has 20 heavy (non-hydrogen) atoms. The van der Waals surface area contributed by atoms with Gasteiger partial charge in [-0.05, 0) is 17.5 Å². The fraction of sp³-hybridized carbons (Fsp3) is 0.500. The Kier molecular flexibility index (Phi) is 6.22. The Labute approximate surface area is 121 Å². The molecule has 1 aromatic rings. The molecular weight excluding hydrogens is 252 g/mol. The first-order chi connectivity index (χ1) is 9.47. The second-order valence-electron chi connectivity index (χ2n) is 5.09. The van der Waals surface area contributed by atoms with Crippen molar-refractivity contribution < 1.29 is 9.59 Å². The molecule has 110 valence electrons. The maximum atomic E-state index is 11.9. The number of amides is 2. The molecule has 0 aromatic heterocycles. The van der Waals surface area contributed by atoms with Gasteiger partial charge in [0.1, 0.15) is 0 Å². The Morgan fingerprint density at radius 3 is 2.45 bits per heavy atom. The SMILES string of the molecule is CCC(=O)NCCN(C(C)=O)c1ccccc1C(C)C. The van der Waals surface area contributed by atoms with E-state index in [9.17, 15) is 9.59 Å². The van der Waals surface area contributed by atoms with E-state index in [-0.39, 0.29) is 11.8 Å². The standard InChI is InChI=1S/C16H24N2O2/c1-5-16(20)17-10-11-18(13(4)19)15-9-7-6-8-14(15)12(2)3/h6-9,12H,5,10-11H2,1-4H3,(H,17,20). The largest absolute Gasteiger partial charge is 0.354 e. The summed E-state index contributed by atoms with van der Waals surface area (Å²) in [6, 6.07) is 7.91. The van der Waals surface area contributed by atoms with E-state index in [1.807, 2.05) is 31.2 Å².